The number of hydrogen-bond acceptors (Lipinski definition) is 4. The third-order valence-electron chi connectivity index (χ3n) is 7.71. The Bertz CT molecular complexity index is 1000. The molecule has 7 heteroatoms. The van der Waals surface area contributed by atoms with Crippen LogP contribution in [0.4, 0.5) is 5.69 Å². The van der Waals surface area contributed by atoms with E-state index in [1.54, 1.807) is 12.4 Å². The van der Waals surface area contributed by atoms with Crippen LogP contribution in [0.2, 0.25) is 5.28 Å². The van der Waals surface area contributed by atoms with Crippen LogP contribution in [0, 0.1) is 24.2 Å². The molecule has 4 saturated carbocycles. The third kappa shape index (κ3) is 3.03. The molecule has 2 unspecified atom stereocenters. The van der Waals surface area contributed by atoms with E-state index in [0.29, 0.717) is 11.8 Å². The van der Waals surface area contributed by atoms with Gasteiger partial charge in [-0.25, -0.2) is 9.67 Å². The highest BCUT2D eigenvalue weighted by molar-refractivity contribution is 6.28. The molecule has 1 aromatic heterocycles. The predicted molar refractivity (Wildman–Crippen MR) is 116 cm³/mol. The van der Waals surface area contributed by atoms with Crippen molar-refractivity contribution in [1.29, 1.82) is 0 Å². The Kier molecular flexibility index (Phi) is 4.44. The van der Waals surface area contributed by atoms with Crippen molar-refractivity contribution in [2.75, 3.05) is 5.32 Å². The molecular weight excluding hydrogens is 400 g/mol. The quantitative estimate of drug-likeness (QED) is 0.671. The number of amides is 1. The highest BCUT2D eigenvalue weighted by Crippen LogP contribution is 2.64. The van der Waals surface area contributed by atoms with Crippen LogP contribution < -0.4 is 5.32 Å². The molecule has 4 aliphatic carbocycles. The molecule has 0 spiro atoms. The maximum absolute atomic E-state index is 13.7. The summed E-state index contributed by atoms with van der Waals surface area (Å²) in [5, 5.41) is 18.2. The molecule has 4 bridgehead atoms. The average molecular weight is 429 g/mol. The zero-order chi connectivity index (χ0) is 21.3. The van der Waals surface area contributed by atoms with Crippen molar-refractivity contribution in [2.45, 2.75) is 70.8 Å². The second-order valence-electron chi connectivity index (χ2n) is 10.3. The molecule has 4 atom stereocenters. The van der Waals surface area contributed by atoms with Crippen LogP contribution in [0.25, 0.3) is 0 Å². The molecular formula is C23H29ClN4O2. The van der Waals surface area contributed by atoms with E-state index in [2.05, 4.69) is 15.4 Å². The molecule has 2 N–H and O–H groups in total. The zero-order valence-corrected chi connectivity index (χ0v) is 18.5. The molecule has 1 aromatic carbocycles. The molecule has 30 heavy (non-hydrogen) atoms. The summed E-state index contributed by atoms with van der Waals surface area (Å²) >= 11 is 6.03. The van der Waals surface area contributed by atoms with Gasteiger partial charge in [-0.2, -0.15) is 0 Å². The molecule has 1 heterocycles. The van der Waals surface area contributed by atoms with Crippen molar-refractivity contribution in [3.8, 4) is 5.75 Å². The Morgan fingerprint density at radius 1 is 1.27 bits per heavy atom. The normalized spacial score (nSPS) is 32.0. The number of rotatable bonds is 4. The van der Waals surface area contributed by atoms with Gasteiger partial charge in [-0.05, 0) is 98.1 Å². The number of carbonyl (C=O) groups is 1. The lowest BCUT2D eigenvalue weighted by Crippen LogP contribution is -2.60. The van der Waals surface area contributed by atoms with Crippen molar-refractivity contribution in [3.05, 3.63) is 34.9 Å². The van der Waals surface area contributed by atoms with E-state index in [-0.39, 0.29) is 33.8 Å². The molecule has 0 saturated heterocycles. The van der Waals surface area contributed by atoms with Gasteiger partial charge in [0.15, 0.2) is 0 Å². The number of nitrogens with one attached hydrogen (secondary N) is 1. The van der Waals surface area contributed by atoms with Crippen LogP contribution in [-0.4, -0.2) is 25.8 Å². The number of benzene rings is 1. The zero-order valence-electron chi connectivity index (χ0n) is 17.8. The largest absolute Gasteiger partial charge is 0.508 e. The van der Waals surface area contributed by atoms with Crippen molar-refractivity contribution < 1.29 is 9.90 Å². The topological polar surface area (TPSA) is 80.0 Å². The molecule has 0 aliphatic heterocycles. The average Bonchev–Trinajstić information content (AvgIpc) is 3.10. The Morgan fingerprint density at radius 3 is 2.57 bits per heavy atom. The summed E-state index contributed by atoms with van der Waals surface area (Å²) in [6, 6.07) is 3.68. The second kappa shape index (κ2) is 6.71. The first-order chi connectivity index (χ1) is 14.2. The third-order valence-corrected chi connectivity index (χ3v) is 7.88. The van der Waals surface area contributed by atoms with Crippen molar-refractivity contribution in [1.82, 2.24) is 14.8 Å². The fourth-order valence-corrected chi connectivity index (χ4v) is 6.91. The number of aryl methyl sites for hydroxylation is 1. The van der Waals surface area contributed by atoms with Gasteiger partial charge in [0.2, 0.25) is 11.2 Å². The Hall–Kier alpha value is -2.08. The van der Waals surface area contributed by atoms with Crippen LogP contribution in [-0.2, 0) is 10.3 Å². The summed E-state index contributed by atoms with van der Waals surface area (Å²) in [6.07, 6.45) is 7.70. The molecule has 0 radical (unpaired) electrons. The number of aromatic nitrogens is 3. The monoisotopic (exact) mass is 428 g/mol. The fourth-order valence-electron chi connectivity index (χ4n) is 6.78. The lowest BCUT2D eigenvalue weighted by molar-refractivity contribution is -0.150. The van der Waals surface area contributed by atoms with Gasteiger partial charge in [0, 0.05) is 5.69 Å². The second-order valence-corrected chi connectivity index (χ2v) is 10.6. The molecule has 160 valence electrons. The molecule has 6 nitrogen and oxygen atoms in total. The van der Waals surface area contributed by atoms with Gasteiger partial charge in [0.1, 0.15) is 12.1 Å². The Labute approximate surface area is 182 Å². The van der Waals surface area contributed by atoms with E-state index in [1.807, 2.05) is 31.5 Å². The number of anilines is 1. The SMILES string of the molecule is Cc1cc(O)c(C(C)C)cc1NC(=O)C12C[C@H]3C[C@@H](C1)CC(n1cnc(Cl)n1)(C3)C2. The maximum Gasteiger partial charge on any atom is 0.242 e. The molecule has 4 fully saturated rings. The highest BCUT2D eigenvalue weighted by Gasteiger charge is 2.61. The van der Waals surface area contributed by atoms with Crippen LogP contribution >= 0.6 is 11.6 Å². The van der Waals surface area contributed by atoms with Crippen LogP contribution in [0.3, 0.4) is 0 Å². The van der Waals surface area contributed by atoms with Crippen LogP contribution in [0.15, 0.2) is 18.5 Å². The van der Waals surface area contributed by atoms with Gasteiger partial charge in [0.05, 0.1) is 11.0 Å². The van der Waals surface area contributed by atoms with Crippen molar-refractivity contribution in [3.63, 3.8) is 0 Å². The summed E-state index contributed by atoms with van der Waals surface area (Å²) in [4.78, 5) is 17.9. The van der Waals surface area contributed by atoms with Gasteiger partial charge >= 0.3 is 0 Å². The first kappa shape index (κ1) is 19.9. The summed E-state index contributed by atoms with van der Waals surface area (Å²) in [6.45, 7) is 6.02. The Morgan fingerprint density at radius 2 is 1.97 bits per heavy atom. The van der Waals surface area contributed by atoms with Crippen LogP contribution in [0.5, 0.6) is 5.75 Å². The summed E-state index contributed by atoms with van der Waals surface area (Å²) in [5.41, 5.74) is 2.00. The number of hydrogen-bond donors (Lipinski definition) is 2. The van der Waals surface area contributed by atoms with E-state index in [4.69, 9.17) is 11.6 Å². The minimum absolute atomic E-state index is 0.107. The van der Waals surface area contributed by atoms with Gasteiger partial charge < -0.3 is 10.4 Å². The lowest BCUT2D eigenvalue weighted by Gasteiger charge is -2.60. The van der Waals surface area contributed by atoms with E-state index >= 15 is 0 Å². The van der Waals surface area contributed by atoms with Gasteiger partial charge in [-0.3, -0.25) is 4.79 Å². The number of halogens is 1. The predicted octanol–water partition coefficient (Wildman–Crippen LogP) is 5.00. The summed E-state index contributed by atoms with van der Waals surface area (Å²) < 4.78 is 1.94. The van der Waals surface area contributed by atoms with E-state index in [9.17, 15) is 9.90 Å². The molecule has 2 aromatic rings. The number of aromatic hydroxyl groups is 1. The summed E-state index contributed by atoms with van der Waals surface area (Å²) in [7, 11) is 0. The Balaban J connectivity index is 1.47. The van der Waals surface area contributed by atoms with Crippen molar-refractivity contribution >= 4 is 23.2 Å². The number of phenols is 1. The van der Waals surface area contributed by atoms with E-state index in [0.717, 1.165) is 48.9 Å². The lowest BCUT2D eigenvalue weighted by atomic mass is 9.46. The smallest absolute Gasteiger partial charge is 0.242 e. The standard InChI is InChI=1S/C23H29ClN4O2/c1-13(2)17-6-18(14(3)4-19(17)29)26-20(30)22-7-15-5-16(8-22)10-23(9-15,11-22)28-12-25-21(24)27-28/h4,6,12-13,15-16,29H,5,7-11H2,1-3H3,(H,26,30)/t15-,16+,22?,23?. The first-order valence-corrected chi connectivity index (χ1v) is 11.3. The maximum atomic E-state index is 13.7. The number of carbonyl (C=O) groups excluding carboxylic acids is 1. The fraction of sp³-hybridized carbons (Fsp3) is 0.609. The first-order valence-electron chi connectivity index (χ1n) is 10.9. The van der Waals surface area contributed by atoms with Gasteiger partial charge in [-0.15, -0.1) is 5.10 Å². The van der Waals surface area contributed by atoms with E-state index < -0.39 is 0 Å². The van der Waals surface area contributed by atoms with Crippen LogP contribution in [0.1, 0.15) is 69.4 Å². The van der Waals surface area contributed by atoms with E-state index in [1.165, 1.54) is 6.42 Å². The molecule has 6 rings (SSSR count). The molecule has 1 amide bonds. The highest BCUT2D eigenvalue weighted by atomic mass is 35.5. The minimum Gasteiger partial charge on any atom is -0.508 e. The van der Waals surface area contributed by atoms with Gasteiger partial charge in [-0.1, -0.05) is 13.8 Å². The molecule has 4 aliphatic rings. The minimum atomic E-state index is -0.384. The van der Waals surface area contributed by atoms with Gasteiger partial charge in [0.25, 0.3) is 0 Å². The number of phenolic OH excluding ortho intramolecular Hbond substituents is 1. The summed E-state index contributed by atoms with van der Waals surface area (Å²) in [5.74, 6) is 1.65. The van der Waals surface area contributed by atoms with Crippen molar-refractivity contribution in [2.24, 2.45) is 17.3 Å². The number of nitrogens with zero attached hydrogens (tertiary/aromatic N) is 3.